The molecule has 1 aliphatic rings. The van der Waals surface area contributed by atoms with Crippen LogP contribution in [-0.2, 0) is 13.5 Å². The van der Waals surface area contributed by atoms with Crippen molar-refractivity contribution in [2.24, 2.45) is 13.0 Å². The van der Waals surface area contributed by atoms with Crippen molar-refractivity contribution >= 4 is 5.69 Å². The molecule has 7 heteroatoms. The summed E-state index contributed by atoms with van der Waals surface area (Å²) in [6.07, 6.45) is 2.37. The van der Waals surface area contributed by atoms with E-state index in [0.29, 0.717) is 24.6 Å². The fourth-order valence-electron chi connectivity index (χ4n) is 2.53. The SMILES string of the molecule is CCCc1nn(C)c(OC2CNCCC2C)c1[N+](=O)[O-]. The molecule has 2 rings (SSSR count). The average Bonchev–Trinajstić information content (AvgIpc) is 2.69. The van der Waals surface area contributed by atoms with Gasteiger partial charge in [-0.25, -0.2) is 4.68 Å². The number of hydrogen-bond donors (Lipinski definition) is 1. The molecule has 2 atom stereocenters. The molecule has 0 bridgehead atoms. The van der Waals surface area contributed by atoms with Gasteiger partial charge in [0.1, 0.15) is 11.8 Å². The molecule has 1 aromatic rings. The van der Waals surface area contributed by atoms with Gasteiger partial charge in [0.15, 0.2) is 0 Å². The van der Waals surface area contributed by atoms with Gasteiger partial charge in [-0.05, 0) is 25.3 Å². The van der Waals surface area contributed by atoms with E-state index in [0.717, 1.165) is 19.4 Å². The van der Waals surface area contributed by atoms with Crippen molar-refractivity contribution < 1.29 is 9.66 Å². The van der Waals surface area contributed by atoms with Crippen LogP contribution in [0.5, 0.6) is 5.88 Å². The first-order chi connectivity index (χ1) is 9.54. The van der Waals surface area contributed by atoms with Gasteiger partial charge in [0.2, 0.25) is 0 Å². The van der Waals surface area contributed by atoms with Gasteiger partial charge in [-0.3, -0.25) is 10.1 Å². The minimum Gasteiger partial charge on any atom is -0.468 e. The van der Waals surface area contributed by atoms with Gasteiger partial charge >= 0.3 is 5.69 Å². The second-order valence-electron chi connectivity index (χ2n) is 5.36. The Hall–Kier alpha value is -1.63. The number of aryl methyl sites for hydroxylation is 2. The molecule has 1 saturated heterocycles. The normalized spacial score (nSPS) is 22.8. The molecule has 0 amide bonds. The quantitative estimate of drug-likeness (QED) is 0.656. The van der Waals surface area contributed by atoms with E-state index in [-0.39, 0.29) is 22.6 Å². The maximum atomic E-state index is 11.3. The fraction of sp³-hybridized carbons (Fsp3) is 0.769. The third-order valence-electron chi connectivity index (χ3n) is 3.73. The lowest BCUT2D eigenvalue weighted by Crippen LogP contribution is -2.43. The second-order valence-corrected chi connectivity index (χ2v) is 5.36. The zero-order valence-electron chi connectivity index (χ0n) is 12.3. The van der Waals surface area contributed by atoms with Crippen molar-refractivity contribution in [1.29, 1.82) is 0 Å². The van der Waals surface area contributed by atoms with Crippen molar-refractivity contribution in [2.45, 2.75) is 39.2 Å². The van der Waals surface area contributed by atoms with Crippen LogP contribution >= 0.6 is 0 Å². The molecule has 1 fully saturated rings. The molecule has 7 nitrogen and oxygen atoms in total. The van der Waals surface area contributed by atoms with E-state index in [4.69, 9.17) is 4.74 Å². The molecule has 112 valence electrons. The van der Waals surface area contributed by atoms with Crippen molar-refractivity contribution in [1.82, 2.24) is 15.1 Å². The van der Waals surface area contributed by atoms with Crippen LogP contribution in [0.3, 0.4) is 0 Å². The van der Waals surface area contributed by atoms with Crippen LogP contribution in [0.1, 0.15) is 32.4 Å². The van der Waals surface area contributed by atoms with Crippen LogP contribution in [0.25, 0.3) is 0 Å². The van der Waals surface area contributed by atoms with Crippen LogP contribution in [0.2, 0.25) is 0 Å². The standard InChI is InChI=1S/C13H22N4O3/c1-4-5-10-12(17(18)19)13(16(3)15-10)20-11-8-14-7-6-9(11)2/h9,11,14H,4-8H2,1-3H3. The first-order valence-corrected chi connectivity index (χ1v) is 7.12. The maximum Gasteiger partial charge on any atom is 0.353 e. The molecule has 0 saturated carbocycles. The summed E-state index contributed by atoms with van der Waals surface area (Å²) in [6, 6.07) is 0. The predicted molar refractivity (Wildman–Crippen MR) is 74.9 cm³/mol. The van der Waals surface area contributed by atoms with E-state index < -0.39 is 0 Å². The minimum absolute atomic E-state index is 0.0205. The van der Waals surface area contributed by atoms with Crippen LogP contribution in [0.15, 0.2) is 0 Å². The Balaban J connectivity index is 2.27. The number of nitro groups is 1. The number of aromatic nitrogens is 2. The Bertz CT molecular complexity index is 486. The van der Waals surface area contributed by atoms with Gasteiger partial charge in [-0.1, -0.05) is 20.3 Å². The van der Waals surface area contributed by atoms with Crippen LogP contribution in [0, 0.1) is 16.0 Å². The van der Waals surface area contributed by atoms with Gasteiger partial charge in [0, 0.05) is 13.6 Å². The molecule has 1 aliphatic heterocycles. The van der Waals surface area contributed by atoms with Crippen LogP contribution < -0.4 is 10.1 Å². The van der Waals surface area contributed by atoms with Gasteiger partial charge in [-0.15, -0.1) is 0 Å². The van der Waals surface area contributed by atoms with Crippen molar-refractivity contribution in [3.63, 3.8) is 0 Å². The average molecular weight is 282 g/mol. The number of hydrogen-bond acceptors (Lipinski definition) is 5. The Morgan fingerprint density at radius 3 is 2.95 bits per heavy atom. The highest BCUT2D eigenvalue weighted by Crippen LogP contribution is 2.33. The van der Waals surface area contributed by atoms with Crippen LogP contribution in [0.4, 0.5) is 5.69 Å². The van der Waals surface area contributed by atoms with Gasteiger partial charge in [0.05, 0.1) is 4.92 Å². The zero-order valence-corrected chi connectivity index (χ0v) is 12.3. The number of rotatable bonds is 5. The van der Waals surface area contributed by atoms with Crippen LogP contribution in [-0.4, -0.2) is 33.9 Å². The summed E-state index contributed by atoms with van der Waals surface area (Å²) in [6.45, 7) is 5.77. The Kier molecular flexibility index (Phi) is 4.59. The highest BCUT2D eigenvalue weighted by Gasteiger charge is 2.32. The fourth-order valence-corrected chi connectivity index (χ4v) is 2.53. The van der Waals surface area contributed by atoms with Crippen molar-refractivity contribution in [3.8, 4) is 5.88 Å². The lowest BCUT2D eigenvalue weighted by atomic mass is 9.97. The largest absolute Gasteiger partial charge is 0.468 e. The second kappa shape index (κ2) is 6.21. The summed E-state index contributed by atoms with van der Waals surface area (Å²) in [5.74, 6) is 0.652. The maximum absolute atomic E-state index is 11.3. The summed E-state index contributed by atoms with van der Waals surface area (Å²) in [4.78, 5) is 10.9. The monoisotopic (exact) mass is 282 g/mol. The number of piperidine rings is 1. The number of ether oxygens (including phenoxy) is 1. The topological polar surface area (TPSA) is 82.2 Å². The van der Waals surface area contributed by atoms with E-state index in [1.807, 2.05) is 6.92 Å². The van der Waals surface area contributed by atoms with Gasteiger partial charge in [-0.2, -0.15) is 5.10 Å². The molecule has 0 spiro atoms. The predicted octanol–water partition coefficient (Wildman–Crippen LogP) is 1.66. The molecular formula is C13H22N4O3. The molecule has 2 heterocycles. The number of nitrogens with one attached hydrogen (secondary N) is 1. The van der Waals surface area contributed by atoms with E-state index >= 15 is 0 Å². The van der Waals surface area contributed by atoms with E-state index in [2.05, 4.69) is 17.3 Å². The Labute approximate surface area is 118 Å². The van der Waals surface area contributed by atoms with Gasteiger partial charge in [0.25, 0.3) is 5.88 Å². The van der Waals surface area contributed by atoms with E-state index in [1.54, 1.807) is 7.05 Å². The molecule has 2 unspecified atom stereocenters. The molecule has 0 aromatic carbocycles. The highest BCUT2D eigenvalue weighted by atomic mass is 16.6. The first-order valence-electron chi connectivity index (χ1n) is 7.12. The molecule has 1 aromatic heterocycles. The summed E-state index contributed by atoms with van der Waals surface area (Å²) < 4.78 is 7.40. The minimum atomic E-state index is -0.381. The molecule has 0 aliphatic carbocycles. The molecular weight excluding hydrogens is 260 g/mol. The third-order valence-corrected chi connectivity index (χ3v) is 3.73. The van der Waals surface area contributed by atoms with Gasteiger partial charge < -0.3 is 10.1 Å². The lowest BCUT2D eigenvalue weighted by Gasteiger charge is -2.29. The van der Waals surface area contributed by atoms with E-state index in [1.165, 1.54) is 4.68 Å². The number of nitrogens with zero attached hydrogens (tertiary/aromatic N) is 3. The summed E-state index contributed by atoms with van der Waals surface area (Å²) in [5, 5.41) is 18.8. The molecule has 0 radical (unpaired) electrons. The Morgan fingerprint density at radius 2 is 2.35 bits per heavy atom. The highest BCUT2D eigenvalue weighted by molar-refractivity contribution is 5.46. The summed E-state index contributed by atoms with van der Waals surface area (Å²) in [7, 11) is 1.70. The zero-order chi connectivity index (χ0) is 14.7. The Morgan fingerprint density at radius 1 is 1.60 bits per heavy atom. The first kappa shape index (κ1) is 14.8. The summed E-state index contributed by atoms with van der Waals surface area (Å²) in [5.41, 5.74) is 0.526. The van der Waals surface area contributed by atoms with Crippen molar-refractivity contribution in [3.05, 3.63) is 15.8 Å². The third kappa shape index (κ3) is 2.92. The van der Waals surface area contributed by atoms with E-state index in [9.17, 15) is 10.1 Å². The molecule has 1 N–H and O–H groups in total. The summed E-state index contributed by atoms with van der Waals surface area (Å²) >= 11 is 0. The lowest BCUT2D eigenvalue weighted by molar-refractivity contribution is -0.386. The van der Waals surface area contributed by atoms with Crippen molar-refractivity contribution in [2.75, 3.05) is 13.1 Å². The smallest absolute Gasteiger partial charge is 0.353 e. The molecule has 20 heavy (non-hydrogen) atoms.